The summed E-state index contributed by atoms with van der Waals surface area (Å²) in [7, 11) is 6.41. The maximum absolute atomic E-state index is 12.0. The molecule has 1 N–H and O–H groups in total. The van der Waals surface area contributed by atoms with E-state index < -0.39 is 0 Å². The Morgan fingerprint density at radius 1 is 1.22 bits per heavy atom. The molecule has 1 rings (SSSR count). The van der Waals surface area contributed by atoms with Gasteiger partial charge in [-0.25, -0.2) is 0 Å². The van der Waals surface area contributed by atoms with Gasteiger partial charge in [-0.3, -0.25) is 4.79 Å². The third-order valence-electron chi connectivity index (χ3n) is 2.52. The topological polar surface area (TPSA) is 56.8 Å². The maximum Gasteiger partial charge on any atom is 0.180 e. The fraction of sp³-hybridized carbons (Fsp3) is 0.462. The summed E-state index contributed by atoms with van der Waals surface area (Å²) in [5, 5.41) is 2.83. The van der Waals surface area contributed by atoms with Gasteiger partial charge in [0, 0.05) is 12.7 Å². The van der Waals surface area contributed by atoms with Gasteiger partial charge in [-0.05, 0) is 19.2 Å². The van der Waals surface area contributed by atoms with E-state index in [9.17, 15) is 4.79 Å². The Bertz CT molecular complexity index is 418. The highest BCUT2D eigenvalue weighted by molar-refractivity contribution is 6.00. The van der Waals surface area contributed by atoms with Crippen LogP contribution in [0.15, 0.2) is 12.1 Å². The lowest BCUT2D eigenvalue weighted by molar-refractivity contribution is 0.0989. The van der Waals surface area contributed by atoms with Crippen LogP contribution >= 0.6 is 0 Å². The van der Waals surface area contributed by atoms with E-state index in [1.807, 2.05) is 0 Å². The highest BCUT2D eigenvalue weighted by Crippen LogP contribution is 2.30. The van der Waals surface area contributed by atoms with Crippen molar-refractivity contribution in [3.05, 3.63) is 23.3 Å². The molecule has 1 aromatic carbocycles. The van der Waals surface area contributed by atoms with E-state index in [0.29, 0.717) is 23.7 Å². The van der Waals surface area contributed by atoms with Gasteiger partial charge in [0.1, 0.15) is 11.5 Å². The molecule has 100 valence electrons. The normalized spacial score (nSPS) is 10.2. The lowest BCUT2D eigenvalue weighted by atomic mass is 10.0. The number of benzene rings is 1. The molecule has 0 aliphatic carbocycles. The summed E-state index contributed by atoms with van der Waals surface area (Å²) >= 11 is 0. The second-order valence-electron chi connectivity index (χ2n) is 3.75. The van der Waals surface area contributed by atoms with Gasteiger partial charge in [-0.1, -0.05) is 0 Å². The predicted octanol–water partition coefficient (Wildman–Crippen LogP) is 1.25. The van der Waals surface area contributed by atoms with E-state index >= 15 is 0 Å². The fourth-order valence-electron chi connectivity index (χ4n) is 1.74. The van der Waals surface area contributed by atoms with Crippen LogP contribution in [0.4, 0.5) is 0 Å². The molecule has 0 radical (unpaired) electrons. The van der Waals surface area contributed by atoms with Crippen LogP contribution in [0, 0.1) is 0 Å². The molecule has 0 spiro atoms. The number of hydrogen-bond donors (Lipinski definition) is 1. The molecular formula is C13H19NO4. The summed E-state index contributed by atoms with van der Waals surface area (Å²) in [6.07, 6.45) is 0. The zero-order valence-electron chi connectivity index (χ0n) is 11.2. The Kier molecular flexibility index (Phi) is 5.61. The Balaban J connectivity index is 3.27. The zero-order valence-corrected chi connectivity index (χ0v) is 11.2. The molecule has 0 aliphatic heterocycles. The summed E-state index contributed by atoms with van der Waals surface area (Å²) in [5.74, 6) is 1.10. The number of ketones is 1. The molecule has 1 aromatic rings. The number of hydrogen-bond acceptors (Lipinski definition) is 5. The number of methoxy groups -OCH3 is 3. The molecule has 0 fully saturated rings. The van der Waals surface area contributed by atoms with Gasteiger partial charge in [-0.15, -0.1) is 0 Å². The first-order chi connectivity index (χ1) is 8.67. The van der Waals surface area contributed by atoms with Gasteiger partial charge in [-0.2, -0.15) is 0 Å². The number of likely N-dealkylation sites (N-methyl/N-ethyl adjacent to an activating group) is 1. The highest BCUT2D eigenvalue weighted by Gasteiger charge is 2.17. The Labute approximate surface area is 107 Å². The lowest BCUT2D eigenvalue weighted by Crippen LogP contribution is -2.19. The number of ether oxygens (including phenoxy) is 3. The van der Waals surface area contributed by atoms with Crippen LogP contribution in [0.25, 0.3) is 0 Å². The summed E-state index contributed by atoms with van der Waals surface area (Å²) in [6, 6.07) is 3.48. The van der Waals surface area contributed by atoms with Gasteiger partial charge in [0.25, 0.3) is 0 Å². The van der Waals surface area contributed by atoms with Crippen molar-refractivity contribution in [2.45, 2.75) is 6.61 Å². The molecule has 0 aromatic heterocycles. The van der Waals surface area contributed by atoms with Crippen molar-refractivity contribution in [1.82, 2.24) is 5.32 Å². The van der Waals surface area contributed by atoms with E-state index in [0.717, 1.165) is 5.56 Å². The third kappa shape index (κ3) is 3.21. The minimum atomic E-state index is -0.0504. The second kappa shape index (κ2) is 6.98. The first kappa shape index (κ1) is 14.5. The Hall–Kier alpha value is -1.59. The van der Waals surface area contributed by atoms with E-state index in [1.54, 1.807) is 33.4 Å². The third-order valence-corrected chi connectivity index (χ3v) is 2.52. The van der Waals surface area contributed by atoms with Crippen LogP contribution in [0.5, 0.6) is 11.5 Å². The first-order valence-electron chi connectivity index (χ1n) is 5.59. The van der Waals surface area contributed by atoms with Gasteiger partial charge >= 0.3 is 0 Å². The van der Waals surface area contributed by atoms with Crippen molar-refractivity contribution in [2.24, 2.45) is 0 Å². The van der Waals surface area contributed by atoms with E-state index in [1.165, 1.54) is 7.11 Å². The summed E-state index contributed by atoms with van der Waals surface area (Å²) in [5.41, 5.74) is 1.29. The van der Waals surface area contributed by atoms with Crippen molar-refractivity contribution < 1.29 is 19.0 Å². The van der Waals surface area contributed by atoms with Crippen LogP contribution in [0.3, 0.4) is 0 Å². The molecule has 18 heavy (non-hydrogen) atoms. The fourth-order valence-corrected chi connectivity index (χ4v) is 1.74. The van der Waals surface area contributed by atoms with Gasteiger partial charge in [0.15, 0.2) is 5.78 Å². The summed E-state index contributed by atoms with van der Waals surface area (Å²) in [6.45, 7) is 0.607. The number of nitrogens with one attached hydrogen (secondary N) is 1. The molecule has 0 amide bonds. The average molecular weight is 253 g/mol. The molecule has 0 saturated carbocycles. The van der Waals surface area contributed by atoms with Crippen molar-refractivity contribution in [3.8, 4) is 11.5 Å². The highest BCUT2D eigenvalue weighted by atomic mass is 16.5. The molecule has 0 aliphatic rings. The molecule has 0 saturated heterocycles. The molecule has 0 atom stereocenters. The Morgan fingerprint density at radius 3 is 2.44 bits per heavy atom. The van der Waals surface area contributed by atoms with E-state index in [-0.39, 0.29) is 12.3 Å². The van der Waals surface area contributed by atoms with Gasteiger partial charge < -0.3 is 19.5 Å². The maximum atomic E-state index is 12.0. The number of rotatable bonds is 7. The minimum absolute atomic E-state index is 0.0504. The molecular weight excluding hydrogens is 234 g/mol. The Morgan fingerprint density at radius 2 is 1.94 bits per heavy atom. The molecule has 5 nitrogen and oxygen atoms in total. The monoisotopic (exact) mass is 253 g/mol. The van der Waals surface area contributed by atoms with Gasteiger partial charge in [0.2, 0.25) is 0 Å². The van der Waals surface area contributed by atoms with E-state index in [2.05, 4.69) is 5.32 Å². The second-order valence-corrected chi connectivity index (χ2v) is 3.75. The molecule has 0 bridgehead atoms. The van der Waals surface area contributed by atoms with Crippen LogP contribution in [0.2, 0.25) is 0 Å². The predicted molar refractivity (Wildman–Crippen MR) is 68.5 cm³/mol. The van der Waals surface area contributed by atoms with Gasteiger partial charge in [0.05, 0.1) is 32.9 Å². The summed E-state index contributed by atoms with van der Waals surface area (Å²) < 4.78 is 15.6. The SMILES string of the molecule is CNCC(=O)c1cc(OC)cc(COC)c1OC. The van der Waals surface area contributed by atoms with Crippen LogP contribution < -0.4 is 14.8 Å². The largest absolute Gasteiger partial charge is 0.497 e. The summed E-state index contributed by atoms with van der Waals surface area (Å²) in [4.78, 5) is 12.0. The van der Waals surface area contributed by atoms with Crippen molar-refractivity contribution >= 4 is 5.78 Å². The van der Waals surface area contributed by atoms with Crippen LogP contribution in [-0.2, 0) is 11.3 Å². The molecule has 0 unspecified atom stereocenters. The molecule has 0 heterocycles. The minimum Gasteiger partial charge on any atom is -0.497 e. The van der Waals surface area contributed by atoms with Crippen LogP contribution in [-0.4, -0.2) is 40.7 Å². The molecule has 5 heteroatoms. The lowest BCUT2D eigenvalue weighted by Gasteiger charge is -2.14. The standard InChI is InChI=1S/C13H19NO4/c1-14-7-12(15)11-6-10(17-3)5-9(8-16-2)13(11)18-4/h5-6,14H,7-8H2,1-4H3. The van der Waals surface area contributed by atoms with Crippen LogP contribution in [0.1, 0.15) is 15.9 Å². The number of Topliss-reactive ketones (excluding diaryl/α,β-unsaturated/α-hetero) is 1. The average Bonchev–Trinajstić information content (AvgIpc) is 2.38. The van der Waals surface area contributed by atoms with Crippen molar-refractivity contribution in [1.29, 1.82) is 0 Å². The quantitative estimate of drug-likeness (QED) is 0.741. The smallest absolute Gasteiger partial charge is 0.180 e. The van der Waals surface area contributed by atoms with Crippen molar-refractivity contribution in [3.63, 3.8) is 0 Å². The first-order valence-corrected chi connectivity index (χ1v) is 5.59. The zero-order chi connectivity index (χ0) is 13.5. The van der Waals surface area contributed by atoms with Crippen molar-refractivity contribution in [2.75, 3.05) is 34.9 Å². The number of carbonyl (C=O) groups excluding carboxylic acids is 1. The number of carbonyl (C=O) groups is 1. The van der Waals surface area contributed by atoms with E-state index in [4.69, 9.17) is 14.2 Å².